The minimum absolute atomic E-state index is 0.0492. The molecule has 0 aliphatic heterocycles. The highest BCUT2D eigenvalue weighted by molar-refractivity contribution is 5.85. The monoisotopic (exact) mass is 251 g/mol. The van der Waals surface area contributed by atoms with Crippen molar-refractivity contribution in [2.45, 2.75) is 19.8 Å². The zero-order valence-corrected chi connectivity index (χ0v) is 11.1. The summed E-state index contributed by atoms with van der Waals surface area (Å²) in [4.78, 5) is 11.8. The summed E-state index contributed by atoms with van der Waals surface area (Å²) >= 11 is 0. The van der Waals surface area contributed by atoms with Gasteiger partial charge in [-0.3, -0.25) is 4.79 Å². The molecular weight excluding hydrogens is 234 g/mol. The van der Waals surface area contributed by atoms with E-state index in [-0.39, 0.29) is 5.91 Å². The summed E-state index contributed by atoms with van der Waals surface area (Å²) < 4.78 is 0. The second-order valence-corrected chi connectivity index (χ2v) is 4.39. The molecule has 0 saturated heterocycles. The molecule has 1 amide bonds. The Morgan fingerprint density at radius 2 is 1.95 bits per heavy atom. The minimum atomic E-state index is 0.0492. The Balaban J connectivity index is 1.96. The fourth-order valence-corrected chi connectivity index (χ4v) is 1.99. The van der Waals surface area contributed by atoms with Gasteiger partial charge in [0.2, 0.25) is 5.91 Å². The van der Waals surface area contributed by atoms with Gasteiger partial charge in [-0.15, -0.1) is 11.8 Å². The molecule has 0 heterocycles. The van der Waals surface area contributed by atoms with Crippen LogP contribution < -0.4 is 5.32 Å². The Bertz CT molecular complexity index is 634. The average Bonchev–Trinajstić information content (AvgIpc) is 2.43. The van der Waals surface area contributed by atoms with Gasteiger partial charge < -0.3 is 5.32 Å². The zero-order chi connectivity index (χ0) is 13.5. The normalized spacial score (nSPS) is 9.74. The summed E-state index contributed by atoms with van der Waals surface area (Å²) in [6, 6.07) is 14.3. The van der Waals surface area contributed by atoms with E-state index in [1.54, 1.807) is 6.92 Å². The maximum Gasteiger partial charge on any atom is 0.224 e. The van der Waals surface area contributed by atoms with E-state index in [0.29, 0.717) is 19.4 Å². The summed E-state index contributed by atoms with van der Waals surface area (Å²) in [5.41, 5.74) is 1.04. The first kappa shape index (κ1) is 13.2. The van der Waals surface area contributed by atoms with E-state index in [2.05, 4.69) is 41.4 Å². The Kier molecular flexibility index (Phi) is 4.58. The number of hydrogen-bond acceptors (Lipinski definition) is 1. The molecule has 0 unspecified atom stereocenters. The molecular formula is C17H17NO. The van der Waals surface area contributed by atoms with Gasteiger partial charge in [-0.1, -0.05) is 42.5 Å². The molecule has 0 bridgehead atoms. The van der Waals surface area contributed by atoms with E-state index in [0.717, 1.165) is 5.56 Å². The third-order valence-corrected chi connectivity index (χ3v) is 2.93. The van der Waals surface area contributed by atoms with E-state index in [1.165, 1.54) is 10.8 Å². The van der Waals surface area contributed by atoms with Crippen molar-refractivity contribution < 1.29 is 4.79 Å². The van der Waals surface area contributed by atoms with Crippen molar-refractivity contribution in [3.8, 4) is 11.8 Å². The van der Waals surface area contributed by atoms with Crippen LogP contribution in [0.5, 0.6) is 0 Å². The zero-order valence-electron chi connectivity index (χ0n) is 11.1. The summed E-state index contributed by atoms with van der Waals surface area (Å²) in [6.45, 7) is 2.42. The predicted octanol–water partition coefficient (Wildman–Crippen LogP) is 2.91. The summed E-state index contributed by atoms with van der Waals surface area (Å²) in [7, 11) is 0. The Morgan fingerprint density at radius 1 is 1.16 bits per heavy atom. The molecule has 0 aliphatic rings. The molecule has 0 spiro atoms. The lowest BCUT2D eigenvalue weighted by molar-refractivity contribution is -0.120. The highest BCUT2D eigenvalue weighted by atomic mass is 16.1. The molecule has 0 fully saturated rings. The third-order valence-electron chi connectivity index (χ3n) is 2.93. The second kappa shape index (κ2) is 6.61. The van der Waals surface area contributed by atoms with Crippen LogP contribution in [-0.4, -0.2) is 12.5 Å². The lowest BCUT2D eigenvalue weighted by Crippen LogP contribution is -2.25. The van der Waals surface area contributed by atoms with Crippen molar-refractivity contribution in [2.75, 3.05) is 6.54 Å². The van der Waals surface area contributed by atoms with Crippen LogP contribution in [0, 0.1) is 11.8 Å². The molecule has 1 N–H and O–H groups in total. The van der Waals surface area contributed by atoms with Crippen molar-refractivity contribution in [1.82, 2.24) is 5.32 Å². The fourth-order valence-electron chi connectivity index (χ4n) is 1.99. The lowest BCUT2D eigenvalue weighted by atomic mass is 10.0. The van der Waals surface area contributed by atoms with Gasteiger partial charge in [0.25, 0.3) is 0 Å². The van der Waals surface area contributed by atoms with Crippen LogP contribution in [0.15, 0.2) is 42.5 Å². The Morgan fingerprint density at radius 3 is 2.74 bits per heavy atom. The van der Waals surface area contributed by atoms with Crippen molar-refractivity contribution in [3.63, 3.8) is 0 Å². The van der Waals surface area contributed by atoms with Gasteiger partial charge in [0.1, 0.15) is 0 Å². The van der Waals surface area contributed by atoms with Crippen molar-refractivity contribution in [1.29, 1.82) is 0 Å². The average molecular weight is 251 g/mol. The molecule has 2 nitrogen and oxygen atoms in total. The number of rotatable bonds is 4. The molecule has 2 aromatic carbocycles. The molecule has 2 heteroatoms. The largest absolute Gasteiger partial charge is 0.355 e. The standard InChI is InChI=1S/C17H17NO/c1-2-3-6-11-18-17(19)13-14-9-10-15-7-4-5-8-16(15)12-14/h4-5,7-10,12H,6,11,13H2,1H3,(H,18,19). The lowest BCUT2D eigenvalue weighted by Gasteiger charge is -2.05. The number of carbonyl (C=O) groups excluding carboxylic acids is 1. The number of hydrogen-bond donors (Lipinski definition) is 1. The Labute approximate surface area is 113 Å². The molecule has 19 heavy (non-hydrogen) atoms. The van der Waals surface area contributed by atoms with Crippen molar-refractivity contribution >= 4 is 16.7 Å². The highest BCUT2D eigenvalue weighted by Gasteiger charge is 2.03. The maximum absolute atomic E-state index is 11.8. The van der Waals surface area contributed by atoms with E-state index in [9.17, 15) is 4.79 Å². The fraction of sp³-hybridized carbons (Fsp3) is 0.235. The van der Waals surface area contributed by atoms with Gasteiger partial charge in [-0.25, -0.2) is 0 Å². The molecule has 96 valence electrons. The quantitative estimate of drug-likeness (QED) is 0.657. The second-order valence-electron chi connectivity index (χ2n) is 4.39. The molecule has 2 aromatic rings. The topological polar surface area (TPSA) is 29.1 Å². The number of fused-ring (bicyclic) bond motifs is 1. The van der Waals surface area contributed by atoms with Crippen LogP contribution in [0.1, 0.15) is 18.9 Å². The first-order valence-electron chi connectivity index (χ1n) is 6.43. The molecule has 0 atom stereocenters. The number of carbonyl (C=O) groups is 1. The van der Waals surface area contributed by atoms with E-state index < -0.39 is 0 Å². The van der Waals surface area contributed by atoms with E-state index in [1.807, 2.05) is 18.2 Å². The van der Waals surface area contributed by atoms with E-state index >= 15 is 0 Å². The third kappa shape index (κ3) is 3.86. The Hall–Kier alpha value is -2.27. The summed E-state index contributed by atoms with van der Waals surface area (Å²) in [6.07, 6.45) is 1.13. The summed E-state index contributed by atoms with van der Waals surface area (Å²) in [5, 5.41) is 5.24. The van der Waals surface area contributed by atoms with Gasteiger partial charge in [0, 0.05) is 13.0 Å². The van der Waals surface area contributed by atoms with Crippen LogP contribution in [-0.2, 0) is 11.2 Å². The van der Waals surface area contributed by atoms with Gasteiger partial charge in [0.05, 0.1) is 6.42 Å². The van der Waals surface area contributed by atoms with Crippen LogP contribution >= 0.6 is 0 Å². The van der Waals surface area contributed by atoms with Crippen LogP contribution in [0.25, 0.3) is 10.8 Å². The minimum Gasteiger partial charge on any atom is -0.355 e. The molecule has 0 aliphatic carbocycles. The molecule has 2 rings (SSSR count). The van der Waals surface area contributed by atoms with Crippen LogP contribution in [0.4, 0.5) is 0 Å². The van der Waals surface area contributed by atoms with Crippen molar-refractivity contribution in [2.24, 2.45) is 0 Å². The number of benzene rings is 2. The van der Waals surface area contributed by atoms with E-state index in [4.69, 9.17) is 0 Å². The van der Waals surface area contributed by atoms with Crippen molar-refractivity contribution in [3.05, 3.63) is 48.0 Å². The predicted molar refractivity (Wildman–Crippen MR) is 78.7 cm³/mol. The van der Waals surface area contributed by atoms with Crippen LogP contribution in [0.2, 0.25) is 0 Å². The molecule has 0 saturated carbocycles. The van der Waals surface area contributed by atoms with Gasteiger partial charge in [0.15, 0.2) is 0 Å². The van der Waals surface area contributed by atoms with Gasteiger partial charge >= 0.3 is 0 Å². The summed E-state index contributed by atoms with van der Waals surface area (Å²) in [5.74, 6) is 5.79. The molecule has 0 radical (unpaired) electrons. The number of nitrogens with one attached hydrogen (secondary N) is 1. The van der Waals surface area contributed by atoms with Gasteiger partial charge in [-0.05, 0) is 23.3 Å². The molecule has 0 aromatic heterocycles. The SMILES string of the molecule is CC#CCCNC(=O)Cc1ccc2ccccc2c1. The first-order chi connectivity index (χ1) is 9.29. The van der Waals surface area contributed by atoms with Gasteiger partial charge in [-0.2, -0.15) is 0 Å². The maximum atomic E-state index is 11.8. The highest BCUT2D eigenvalue weighted by Crippen LogP contribution is 2.15. The first-order valence-corrected chi connectivity index (χ1v) is 6.43. The smallest absolute Gasteiger partial charge is 0.224 e. The number of amides is 1. The van der Waals surface area contributed by atoms with Crippen LogP contribution in [0.3, 0.4) is 0 Å².